The van der Waals surface area contributed by atoms with Crippen LogP contribution in [-0.2, 0) is 12.8 Å². The van der Waals surface area contributed by atoms with Crippen LogP contribution < -0.4 is 5.32 Å². The summed E-state index contributed by atoms with van der Waals surface area (Å²) in [5.74, 6) is -0.0826. The van der Waals surface area contributed by atoms with Crippen molar-refractivity contribution in [1.82, 2.24) is 15.5 Å². The molecule has 0 saturated heterocycles. The lowest BCUT2D eigenvalue weighted by Crippen LogP contribution is -2.28. The predicted molar refractivity (Wildman–Crippen MR) is 77.6 cm³/mol. The number of hydrogen-bond acceptors (Lipinski definition) is 2. The van der Waals surface area contributed by atoms with E-state index in [1.54, 1.807) is 0 Å². The maximum absolute atomic E-state index is 12.4. The summed E-state index contributed by atoms with van der Waals surface area (Å²) in [7, 11) is 0. The Kier molecular flexibility index (Phi) is 3.54. The van der Waals surface area contributed by atoms with Gasteiger partial charge in [0.15, 0.2) is 5.69 Å². The molecule has 1 aliphatic carbocycles. The highest BCUT2D eigenvalue weighted by molar-refractivity contribution is 5.94. The number of nitrogens with zero attached hydrogens (tertiary/aromatic N) is 1. The number of fused-ring (bicyclic) bond motifs is 1. The van der Waals surface area contributed by atoms with Crippen LogP contribution in [0.1, 0.15) is 53.1 Å². The zero-order valence-corrected chi connectivity index (χ0v) is 11.6. The molecule has 0 spiro atoms. The minimum absolute atomic E-state index is 0.0142. The highest BCUT2D eigenvalue weighted by Gasteiger charge is 2.22. The summed E-state index contributed by atoms with van der Waals surface area (Å²) in [6.45, 7) is 1.99. The van der Waals surface area contributed by atoms with E-state index in [2.05, 4.69) is 15.5 Å². The fraction of sp³-hybridized carbons (Fsp3) is 0.375. The number of carbonyl (C=O) groups excluding carboxylic acids is 1. The summed E-state index contributed by atoms with van der Waals surface area (Å²) in [4.78, 5) is 12.4. The Labute approximate surface area is 118 Å². The van der Waals surface area contributed by atoms with Crippen molar-refractivity contribution in [3.63, 3.8) is 0 Å². The molecule has 104 valence electrons. The number of amides is 1. The Hall–Kier alpha value is -2.10. The number of H-pyrrole nitrogens is 1. The average molecular weight is 269 g/mol. The van der Waals surface area contributed by atoms with Gasteiger partial charge in [-0.2, -0.15) is 5.10 Å². The molecule has 20 heavy (non-hydrogen) atoms. The molecule has 3 rings (SSSR count). The third-order valence-corrected chi connectivity index (χ3v) is 3.92. The van der Waals surface area contributed by atoms with Gasteiger partial charge in [-0.1, -0.05) is 30.3 Å². The first-order valence-electron chi connectivity index (χ1n) is 7.17. The lowest BCUT2D eigenvalue weighted by Gasteiger charge is -2.15. The second-order valence-electron chi connectivity index (χ2n) is 5.34. The van der Waals surface area contributed by atoms with E-state index in [1.165, 1.54) is 6.42 Å². The van der Waals surface area contributed by atoms with Gasteiger partial charge in [0.2, 0.25) is 0 Å². The molecule has 0 unspecified atom stereocenters. The van der Waals surface area contributed by atoms with Crippen molar-refractivity contribution in [2.75, 3.05) is 0 Å². The predicted octanol–water partition coefficient (Wildman–Crippen LogP) is 2.78. The van der Waals surface area contributed by atoms with Crippen molar-refractivity contribution in [2.45, 2.75) is 38.6 Å². The number of rotatable bonds is 3. The smallest absolute Gasteiger partial charge is 0.272 e. The summed E-state index contributed by atoms with van der Waals surface area (Å²) in [5, 5.41) is 10.2. The monoisotopic (exact) mass is 269 g/mol. The molecule has 0 saturated carbocycles. The minimum atomic E-state index is -0.0826. The van der Waals surface area contributed by atoms with Gasteiger partial charge in [-0.3, -0.25) is 9.89 Å². The molecule has 4 nitrogen and oxygen atoms in total. The molecule has 2 N–H and O–H groups in total. The Balaban J connectivity index is 1.75. The van der Waals surface area contributed by atoms with Gasteiger partial charge in [-0.15, -0.1) is 0 Å². The van der Waals surface area contributed by atoms with Gasteiger partial charge in [0.25, 0.3) is 5.91 Å². The standard InChI is InChI=1S/C16H19N3O/c1-11(12-7-3-2-4-8-12)17-16(20)15-13-9-5-6-10-14(13)18-19-15/h2-4,7-8,11H,5-6,9-10H2,1H3,(H,17,20)(H,18,19)/t11-/m0/s1. The minimum Gasteiger partial charge on any atom is -0.344 e. The number of nitrogens with one attached hydrogen (secondary N) is 2. The topological polar surface area (TPSA) is 57.8 Å². The number of aromatic amines is 1. The molecule has 1 aromatic heterocycles. The summed E-state index contributed by atoms with van der Waals surface area (Å²) in [5.41, 5.74) is 3.91. The number of benzene rings is 1. The summed E-state index contributed by atoms with van der Waals surface area (Å²) in [6, 6.07) is 9.96. The molecule has 1 aromatic carbocycles. The molecule has 0 bridgehead atoms. The van der Waals surface area contributed by atoms with Gasteiger partial charge in [-0.25, -0.2) is 0 Å². The molecule has 0 fully saturated rings. The molecule has 1 aliphatic rings. The van der Waals surface area contributed by atoms with Crippen molar-refractivity contribution in [3.05, 3.63) is 52.8 Å². The highest BCUT2D eigenvalue weighted by Crippen LogP contribution is 2.22. The van der Waals surface area contributed by atoms with Crippen LogP contribution in [0.4, 0.5) is 0 Å². The van der Waals surface area contributed by atoms with E-state index in [4.69, 9.17) is 0 Å². The number of hydrogen-bond donors (Lipinski definition) is 2. The molecule has 2 aromatic rings. The van der Waals surface area contributed by atoms with Crippen LogP contribution >= 0.6 is 0 Å². The summed E-state index contributed by atoms with van der Waals surface area (Å²) < 4.78 is 0. The maximum atomic E-state index is 12.4. The van der Waals surface area contributed by atoms with E-state index in [0.29, 0.717) is 5.69 Å². The molecule has 0 aliphatic heterocycles. The van der Waals surface area contributed by atoms with Crippen molar-refractivity contribution < 1.29 is 4.79 Å². The van der Waals surface area contributed by atoms with Gasteiger partial charge in [0.05, 0.1) is 6.04 Å². The van der Waals surface area contributed by atoms with Gasteiger partial charge < -0.3 is 5.32 Å². The van der Waals surface area contributed by atoms with Gasteiger partial charge in [0.1, 0.15) is 0 Å². The fourth-order valence-electron chi connectivity index (χ4n) is 2.76. The van der Waals surface area contributed by atoms with Crippen LogP contribution in [0, 0.1) is 0 Å². The number of aryl methyl sites for hydroxylation is 1. The first kappa shape index (κ1) is 12.9. The third kappa shape index (κ3) is 2.46. The van der Waals surface area contributed by atoms with Gasteiger partial charge in [0, 0.05) is 11.3 Å². The zero-order chi connectivity index (χ0) is 13.9. The van der Waals surface area contributed by atoms with E-state index in [9.17, 15) is 4.79 Å². The van der Waals surface area contributed by atoms with Crippen molar-refractivity contribution in [2.24, 2.45) is 0 Å². The number of aromatic nitrogens is 2. The molecule has 4 heteroatoms. The lowest BCUT2D eigenvalue weighted by atomic mass is 9.95. The second-order valence-corrected chi connectivity index (χ2v) is 5.34. The largest absolute Gasteiger partial charge is 0.344 e. The van der Waals surface area contributed by atoms with E-state index < -0.39 is 0 Å². The van der Waals surface area contributed by atoms with Crippen LogP contribution in [0.15, 0.2) is 30.3 Å². The van der Waals surface area contributed by atoms with Crippen molar-refractivity contribution in [3.8, 4) is 0 Å². The summed E-state index contributed by atoms with van der Waals surface area (Å²) >= 11 is 0. The zero-order valence-electron chi connectivity index (χ0n) is 11.6. The van der Waals surface area contributed by atoms with E-state index >= 15 is 0 Å². The first-order chi connectivity index (χ1) is 9.75. The van der Waals surface area contributed by atoms with Crippen LogP contribution in [-0.4, -0.2) is 16.1 Å². The third-order valence-electron chi connectivity index (χ3n) is 3.92. The van der Waals surface area contributed by atoms with Crippen molar-refractivity contribution in [1.29, 1.82) is 0 Å². The Morgan fingerprint density at radius 3 is 2.80 bits per heavy atom. The van der Waals surface area contributed by atoms with E-state index in [-0.39, 0.29) is 11.9 Å². The van der Waals surface area contributed by atoms with E-state index in [1.807, 2.05) is 37.3 Å². The summed E-state index contributed by atoms with van der Waals surface area (Å²) in [6.07, 6.45) is 4.27. The van der Waals surface area contributed by atoms with Crippen LogP contribution in [0.2, 0.25) is 0 Å². The first-order valence-corrected chi connectivity index (χ1v) is 7.17. The van der Waals surface area contributed by atoms with Crippen LogP contribution in [0.3, 0.4) is 0 Å². The maximum Gasteiger partial charge on any atom is 0.272 e. The van der Waals surface area contributed by atoms with E-state index in [0.717, 1.165) is 36.1 Å². The molecular formula is C16H19N3O. The van der Waals surface area contributed by atoms with Crippen LogP contribution in [0.25, 0.3) is 0 Å². The fourth-order valence-corrected chi connectivity index (χ4v) is 2.76. The normalized spacial score (nSPS) is 15.4. The highest BCUT2D eigenvalue weighted by atomic mass is 16.2. The molecule has 0 radical (unpaired) electrons. The van der Waals surface area contributed by atoms with Crippen molar-refractivity contribution >= 4 is 5.91 Å². The molecular weight excluding hydrogens is 250 g/mol. The average Bonchev–Trinajstić information content (AvgIpc) is 2.92. The lowest BCUT2D eigenvalue weighted by molar-refractivity contribution is 0.0933. The van der Waals surface area contributed by atoms with Gasteiger partial charge in [-0.05, 0) is 38.2 Å². The van der Waals surface area contributed by atoms with Gasteiger partial charge >= 0.3 is 0 Å². The molecule has 1 heterocycles. The quantitative estimate of drug-likeness (QED) is 0.900. The Bertz CT molecular complexity index is 603. The molecule has 1 atom stereocenters. The Morgan fingerprint density at radius 1 is 1.25 bits per heavy atom. The van der Waals surface area contributed by atoms with Crippen LogP contribution in [0.5, 0.6) is 0 Å². The number of carbonyl (C=O) groups is 1. The Morgan fingerprint density at radius 2 is 2.00 bits per heavy atom. The SMILES string of the molecule is C[C@H](NC(=O)c1n[nH]c2c1CCCC2)c1ccccc1. The second kappa shape index (κ2) is 5.49. The molecule has 1 amide bonds.